The predicted octanol–water partition coefficient (Wildman–Crippen LogP) is 3.33. The van der Waals surface area contributed by atoms with E-state index in [1.165, 1.54) is 16.4 Å². The molecular weight excluding hydrogens is 423 g/mol. The number of halogens is 3. The minimum atomic E-state index is -3.83. The molecule has 0 saturated carbocycles. The van der Waals surface area contributed by atoms with Crippen molar-refractivity contribution in [3.8, 4) is 6.07 Å². The molecule has 2 aromatic rings. The monoisotopic (exact) mass is 434 g/mol. The van der Waals surface area contributed by atoms with Gasteiger partial charge in [-0.3, -0.25) is 0 Å². The number of hydrogen-bond donors (Lipinski definition) is 0. The summed E-state index contributed by atoms with van der Waals surface area (Å²) in [4.78, 5) is 5.71. The van der Waals surface area contributed by atoms with Gasteiger partial charge in [-0.2, -0.15) is 9.57 Å². The lowest BCUT2D eigenvalue weighted by atomic mass is 10.3. The zero-order valence-electron chi connectivity index (χ0n) is 13.5. The fourth-order valence-corrected chi connectivity index (χ4v) is 5.07. The van der Waals surface area contributed by atoms with Crippen molar-refractivity contribution in [1.82, 2.24) is 9.29 Å². The molecule has 1 aromatic heterocycles. The second-order valence-electron chi connectivity index (χ2n) is 5.59. The number of benzene rings is 1. The van der Waals surface area contributed by atoms with Gasteiger partial charge in [0, 0.05) is 33.1 Å². The molecule has 0 aliphatic carbocycles. The summed E-state index contributed by atoms with van der Waals surface area (Å²) >= 11 is 17.9. The van der Waals surface area contributed by atoms with E-state index in [0.29, 0.717) is 24.9 Å². The Hall–Kier alpha value is -1.50. The summed E-state index contributed by atoms with van der Waals surface area (Å²) in [6.07, 6.45) is 0. The standard InChI is InChI=1S/C15H13Cl3N4O3S/c1-9-20-13(8-19)15(25-9)21-2-4-22(5-3-21)26(23,24)14-7-11(17)10(16)6-12(14)18/h6-7H,2-5H2,1H3. The SMILES string of the molecule is Cc1nc(C#N)c(N2CCN(S(=O)(=O)c3cc(Cl)c(Cl)cc3Cl)CC2)o1. The van der Waals surface area contributed by atoms with E-state index in [0.717, 1.165) is 0 Å². The lowest BCUT2D eigenvalue weighted by molar-refractivity contribution is 0.372. The van der Waals surface area contributed by atoms with Gasteiger partial charge >= 0.3 is 0 Å². The maximum absolute atomic E-state index is 12.9. The molecule has 1 aliphatic heterocycles. The van der Waals surface area contributed by atoms with Gasteiger partial charge in [-0.15, -0.1) is 0 Å². The number of hydrogen-bond acceptors (Lipinski definition) is 6. The average Bonchev–Trinajstić information content (AvgIpc) is 2.99. The molecule has 26 heavy (non-hydrogen) atoms. The predicted molar refractivity (Wildman–Crippen MR) is 98.4 cm³/mol. The Bertz CT molecular complexity index is 992. The topological polar surface area (TPSA) is 90.4 Å². The summed E-state index contributed by atoms with van der Waals surface area (Å²) in [5.74, 6) is 0.740. The third kappa shape index (κ3) is 3.50. The Morgan fingerprint density at radius 2 is 1.73 bits per heavy atom. The van der Waals surface area contributed by atoms with Crippen LogP contribution in [0, 0.1) is 18.3 Å². The van der Waals surface area contributed by atoms with Crippen LogP contribution in [0.1, 0.15) is 11.6 Å². The van der Waals surface area contributed by atoms with E-state index >= 15 is 0 Å². The van der Waals surface area contributed by atoms with E-state index in [1.54, 1.807) is 11.8 Å². The molecule has 1 aromatic carbocycles. The largest absolute Gasteiger partial charge is 0.424 e. The molecule has 1 saturated heterocycles. The highest BCUT2D eigenvalue weighted by atomic mass is 35.5. The number of aromatic nitrogens is 1. The van der Waals surface area contributed by atoms with E-state index in [4.69, 9.17) is 44.5 Å². The molecule has 0 spiro atoms. The fourth-order valence-electron chi connectivity index (χ4n) is 2.68. The molecule has 3 rings (SSSR count). The zero-order valence-corrected chi connectivity index (χ0v) is 16.6. The molecule has 1 fully saturated rings. The van der Waals surface area contributed by atoms with E-state index in [9.17, 15) is 8.42 Å². The zero-order chi connectivity index (χ0) is 19.1. The number of piperazine rings is 1. The summed E-state index contributed by atoms with van der Waals surface area (Å²) < 4.78 is 32.5. The molecule has 0 radical (unpaired) electrons. The summed E-state index contributed by atoms with van der Waals surface area (Å²) in [5.41, 5.74) is 0.186. The van der Waals surface area contributed by atoms with Crippen LogP contribution in [-0.4, -0.2) is 43.9 Å². The highest BCUT2D eigenvalue weighted by molar-refractivity contribution is 7.89. The van der Waals surface area contributed by atoms with Crippen molar-refractivity contribution in [3.05, 3.63) is 38.8 Å². The first kappa shape index (κ1) is 19.3. The first-order valence-electron chi connectivity index (χ1n) is 7.51. The molecular formula is C15H13Cl3N4O3S. The van der Waals surface area contributed by atoms with Crippen LogP contribution in [0.4, 0.5) is 5.88 Å². The molecule has 1 aliphatic rings. The van der Waals surface area contributed by atoms with Crippen LogP contribution in [0.25, 0.3) is 0 Å². The van der Waals surface area contributed by atoms with Crippen molar-refractivity contribution < 1.29 is 12.8 Å². The fraction of sp³-hybridized carbons (Fsp3) is 0.333. The lowest BCUT2D eigenvalue weighted by Crippen LogP contribution is -2.48. The molecule has 138 valence electrons. The van der Waals surface area contributed by atoms with Crippen molar-refractivity contribution in [1.29, 1.82) is 5.26 Å². The Balaban J connectivity index is 1.81. The molecule has 11 heteroatoms. The van der Waals surface area contributed by atoms with Crippen LogP contribution in [0.5, 0.6) is 0 Å². The second-order valence-corrected chi connectivity index (χ2v) is 8.71. The number of rotatable bonds is 3. The third-order valence-electron chi connectivity index (χ3n) is 3.94. The maximum Gasteiger partial charge on any atom is 0.244 e. The van der Waals surface area contributed by atoms with Crippen molar-refractivity contribution >= 4 is 50.7 Å². The lowest BCUT2D eigenvalue weighted by Gasteiger charge is -2.33. The van der Waals surface area contributed by atoms with Crippen molar-refractivity contribution in [2.45, 2.75) is 11.8 Å². The van der Waals surface area contributed by atoms with E-state index < -0.39 is 10.0 Å². The van der Waals surface area contributed by atoms with Gasteiger partial charge in [0.05, 0.1) is 15.1 Å². The summed E-state index contributed by atoms with van der Waals surface area (Å²) in [7, 11) is -3.83. The second kappa shape index (κ2) is 7.25. The van der Waals surface area contributed by atoms with Crippen molar-refractivity contribution in [2.75, 3.05) is 31.1 Å². The van der Waals surface area contributed by atoms with Crippen LogP contribution in [-0.2, 0) is 10.0 Å². The van der Waals surface area contributed by atoms with Gasteiger partial charge in [-0.25, -0.2) is 13.4 Å². The average molecular weight is 436 g/mol. The van der Waals surface area contributed by atoms with Crippen molar-refractivity contribution in [3.63, 3.8) is 0 Å². The third-order valence-corrected chi connectivity index (χ3v) is 7.03. The number of nitrogens with zero attached hydrogens (tertiary/aromatic N) is 4. The molecule has 0 bridgehead atoms. The molecule has 0 atom stereocenters. The first-order chi connectivity index (χ1) is 12.2. The molecule has 0 unspecified atom stereocenters. The number of anilines is 1. The molecule has 2 heterocycles. The van der Waals surface area contributed by atoms with Gasteiger partial charge in [0.1, 0.15) is 11.0 Å². The summed E-state index contributed by atoms with van der Waals surface area (Å²) in [5, 5.41) is 9.44. The van der Waals surface area contributed by atoms with E-state index in [1.807, 2.05) is 6.07 Å². The van der Waals surface area contributed by atoms with E-state index in [-0.39, 0.29) is 38.7 Å². The number of aryl methyl sites for hydroxylation is 1. The summed E-state index contributed by atoms with van der Waals surface area (Å²) in [6, 6.07) is 4.54. The van der Waals surface area contributed by atoms with Gasteiger partial charge in [-0.1, -0.05) is 34.8 Å². The Morgan fingerprint density at radius 3 is 2.35 bits per heavy atom. The molecule has 0 amide bonds. The van der Waals surface area contributed by atoms with Crippen molar-refractivity contribution in [2.24, 2.45) is 0 Å². The highest BCUT2D eigenvalue weighted by Gasteiger charge is 2.32. The summed E-state index contributed by atoms with van der Waals surface area (Å²) in [6.45, 7) is 2.74. The van der Waals surface area contributed by atoms with Gasteiger partial charge < -0.3 is 9.32 Å². The van der Waals surface area contributed by atoms with Gasteiger partial charge in [0.25, 0.3) is 0 Å². The van der Waals surface area contributed by atoms with Gasteiger partial charge in [0.15, 0.2) is 5.89 Å². The number of oxazole rings is 1. The van der Waals surface area contributed by atoms with Crippen LogP contribution in [0.15, 0.2) is 21.4 Å². The molecule has 7 nitrogen and oxygen atoms in total. The smallest absolute Gasteiger partial charge is 0.244 e. The Kier molecular flexibility index (Phi) is 5.37. The van der Waals surface area contributed by atoms with E-state index in [2.05, 4.69) is 4.98 Å². The minimum absolute atomic E-state index is 0.0134. The number of sulfonamides is 1. The first-order valence-corrected chi connectivity index (χ1v) is 10.1. The minimum Gasteiger partial charge on any atom is -0.424 e. The van der Waals surface area contributed by atoms with Gasteiger partial charge in [-0.05, 0) is 12.1 Å². The number of nitriles is 1. The normalized spacial score (nSPS) is 15.9. The van der Waals surface area contributed by atoms with Crippen LogP contribution >= 0.6 is 34.8 Å². The van der Waals surface area contributed by atoms with Crippen LogP contribution in [0.2, 0.25) is 15.1 Å². The maximum atomic E-state index is 12.9. The van der Waals surface area contributed by atoms with Crippen LogP contribution in [0.3, 0.4) is 0 Å². The Morgan fingerprint density at radius 1 is 1.12 bits per heavy atom. The van der Waals surface area contributed by atoms with Crippen LogP contribution < -0.4 is 4.90 Å². The molecule has 0 N–H and O–H groups in total. The highest BCUT2D eigenvalue weighted by Crippen LogP contribution is 2.33. The van der Waals surface area contributed by atoms with Gasteiger partial charge in [0.2, 0.25) is 21.6 Å². The Labute approximate surface area is 165 Å². The quantitative estimate of drug-likeness (QED) is 0.687.